The van der Waals surface area contributed by atoms with Crippen molar-refractivity contribution in [3.8, 4) is 0 Å². The van der Waals surface area contributed by atoms with Crippen LogP contribution in [-0.2, 0) is 23.9 Å². The highest BCUT2D eigenvalue weighted by molar-refractivity contribution is 6.06. The molecule has 126 valence electrons. The number of nitrogens with zero attached hydrogens (tertiary/aromatic N) is 1. The predicted octanol–water partition coefficient (Wildman–Crippen LogP) is -1.54. The van der Waals surface area contributed by atoms with Crippen molar-refractivity contribution in [3.05, 3.63) is 12.2 Å². The zero-order chi connectivity index (χ0) is 16.8. The molecule has 3 rings (SSSR count). The fourth-order valence-electron chi connectivity index (χ4n) is 3.17. The van der Waals surface area contributed by atoms with Crippen LogP contribution in [0.4, 0.5) is 0 Å². The maximum absolute atomic E-state index is 12.3. The van der Waals surface area contributed by atoms with Crippen molar-refractivity contribution in [2.45, 2.75) is 19.1 Å². The molecule has 2 N–H and O–H groups in total. The standard InChI is InChI=1S/C15H19NO7/c1-15(6-17,7-18)14(21)22-5-4-16-12(19)10-8-2-3-9(23-8)11(10)13(16)20/h2-3,8-11,17-18H,4-7H2,1H3/t8?,9?,10-,11?/m1/s1. The van der Waals surface area contributed by atoms with Gasteiger partial charge >= 0.3 is 5.97 Å². The minimum atomic E-state index is -1.40. The molecular formula is C15H19NO7. The van der Waals surface area contributed by atoms with Crippen molar-refractivity contribution >= 4 is 17.8 Å². The van der Waals surface area contributed by atoms with E-state index in [-0.39, 0.29) is 37.2 Å². The molecule has 23 heavy (non-hydrogen) atoms. The molecule has 0 aromatic heterocycles. The van der Waals surface area contributed by atoms with Gasteiger partial charge in [0.2, 0.25) is 11.8 Å². The Kier molecular flexibility index (Phi) is 3.99. The number of aliphatic hydroxyl groups is 2. The molecule has 2 amide bonds. The summed E-state index contributed by atoms with van der Waals surface area (Å²) in [5, 5.41) is 18.2. The number of fused-ring (bicyclic) bond motifs is 5. The number of aliphatic hydroxyl groups excluding tert-OH is 2. The maximum atomic E-state index is 12.3. The van der Waals surface area contributed by atoms with Crippen molar-refractivity contribution in [2.24, 2.45) is 17.3 Å². The summed E-state index contributed by atoms with van der Waals surface area (Å²) in [5.41, 5.74) is -1.40. The smallest absolute Gasteiger partial charge is 0.316 e. The van der Waals surface area contributed by atoms with Crippen LogP contribution < -0.4 is 0 Å². The van der Waals surface area contributed by atoms with Gasteiger partial charge in [0, 0.05) is 0 Å². The van der Waals surface area contributed by atoms with Gasteiger partial charge in [-0.1, -0.05) is 12.2 Å². The van der Waals surface area contributed by atoms with Gasteiger partial charge in [0.1, 0.15) is 12.0 Å². The lowest BCUT2D eigenvalue weighted by molar-refractivity contribution is -0.162. The van der Waals surface area contributed by atoms with E-state index in [4.69, 9.17) is 19.7 Å². The molecule has 8 nitrogen and oxygen atoms in total. The van der Waals surface area contributed by atoms with Crippen LogP contribution in [0, 0.1) is 17.3 Å². The Bertz CT molecular complexity index is 538. The van der Waals surface area contributed by atoms with Crippen molar-refractivity contribution < 1.29 is 34.1 Å². The highest BCUT2D eigenvalue weighted by atomic mass is 16.5. The third-order valence-corrected chi connectivity index (χ3v) is 4.74. The zero-order valence-electron chi connectivity index (χ0n) is 12.7. The summed E-state index contributed by atoms with van der Waals surface area (Å²) in [6.07, 6.45) is 2.91. The van der Waals surface area contributed by atoms with Crippen LogP contribution in [0.2, 0.25) is 0 Å². The predicted molar refractivity (Wildman–Crippen MR) is 74.7 cm³/mol. The van der Waals surface area contributed by atoms with E-state index < -0.39 is 36.4 Å². The number of imide groups is 1. The first-order chi connectivity index (χ1) is 10.9. The highest BCUT2D eigenvalue weighted by Crippen LogP contribution is 2.44. The summed E-state index contributed by atoms with van der Waals surface area (Å²) in [7, 11) is 0. The molecular weight excluding hydrogens is 306 g/mol. The number of likely N-dealkylation sites (tertiary alicyclic amines) is 1. The van der Waals surface area contributed by atoms with E-state index in [2.05, 4.69) is 0 Å². The van der Waals surface area contributed by atoms with Gasteiger partial charge in [0.15, 0.2) is 0 Å². The van der Waals surface area contributed by atoms with Gasteiger partial charge in [-0.2, -0.15) is 0 Å². The molecule has 0 saturated carbocycles. The van der Waals surface area contributed by atoms with Gasteiger partial charge in [0.05, 0.1) is 43.8 Å². The number of amides is 2. The minimum absolute atomic E-state index is 0.0389. The largest absolute Gasteiger partial charge is 0.463 e. The number of ether oxygens (including phenoxy) is 2. The summed E-state index contributed by atoms with van der Waals surface area (Å²) in [6, 6.07) is 0. The Morgan fingerprint density at radius 3 is 2.22 bits per heavy atom. The molecule has 3 aliphatic heterocycles. The van der Waals surface area contributed by atoms with Crippen LogP contribution in [0.3, 0.4) is 0 Å². The van der Waals surface area contributed by atoms with Crippen LogP contribution in [0.25, 0.3) is 0 Å². The number of esters is 1. The highest BCUT2D eigenvalue weighted by Gasteiger charge is 2.60. The first kappa shape index (κ1) is 16.1. The molecule has 8 heteroatoms. The van der Waals surface area contributed by atoms with E-state index in [1.54, 1.807) is 12.2 Å². The molecule has 0 aromatic carbocycles. The molecule has 0 aromatic rings. The number of rotatable bonds is 6. The molecule has 0 aliphatic carbocycles. The molecule has 2 saturated heterocycles. The summed E-state index contributed by atoms with van der Waals surface area (Å²) in [4.78, 5) is 37.6. The molecule has 3 unspecified atom stereocenters. The van der Waals surface area contributed by atoms with E-state index in [0.717, 1.165) is 4.90 Å². The van der Waals surface area contributed by atoms with E-state index >= 15 is 0 Å². The summed E-state index contributed by atoms with van der Waals surface area (Å²) < 4.78 is 10.5. The fourth-order valence-corrected chi connectivity index (χ4v) is 3.17. The van der Waals surface area contributed by atoms with Gasteiger partial charge in [0.25, 0.3) is 0 Å². The van der Waals surface area contributed by atoms with Crippen molar-refractivity contribution in [1.82, 2.24) is 4.90 Å². The quantitative estimate of drug-likeness (QED) is 0.345. The first-order valence-corrected chi connectivity index (χ1v) is 7.51. The van der Waals surface area contributed by atoms with Crippen LogP contribution in [0.1, 0.15) is 6.92 Å². The van der Waals surface area contributed by atoms with Crippen molar-refractivity contribution in [1.29, 1.82) is 0 Å². The second kappa shape index (κ2) is 5.70. The zero-order valence-corrected chi connectivity index (χ0v) is 12.7. The Hall–Kier alpha value is -1.77. The average molecular weight is 325 g/mol. The molecule has 3 heterocycles. The topological polar surface area (TPSA) is 113 Å². The van der Waals surface area contributed by atoms with E-state index in [0.29, 0.717) is 0 Å². The van der Waals surface area contributed by atoms with E-state index in [1.807, 2.05) is 0 Å². The Balaban J connectivity index is 1.57. The monoisotopic (exact) mass is 325 g/mol. The number of carbonyl (C=O) groups is 3. The van der Waals surface area contributed by atoms with Crippen LogP contribution in [0.15, 0.2) is 12.2 Å². The normalized spacial score (nSPS) is 31.9. The molecule has 2 bridgehead atoms. The summed E-state index contributed by atoms with van der Waals surface area (Å²) in [5.74, 6) is -2.34. The number of hydrogen-bond acceptors (Lipinski definition) is 7. The van der Waals surface area contributed by atoms with Gasteiger partial charge < -0.3 is 19.7 Å². The van der Waals surface area contributed by atoms with Crippen LogP contribution in [-0.4, -0.2) is 71.5 Å². The lowest BCUT2D eigenvalue weighted by Crippen LogP contribution is -2.40. The average Bonchev–Trinajstić information content (AvgIpc) is 3.23. The molecule has 4 atom stereocenters. The molecule has 0 radical (unpaired) electrons. The van der Waals surface area contributed by atoms with Crippen LogP contribution >= 0.6 is 0 Å². The SMILES string of the molecule is CC(CO)(CO)C(=O)OCCN1C(=O)C2C3C=CC(O3)[C@H]2C1=O. The van der Waals surface area contributed by atoms with Gasteiger partial charge in [-0.3, -0.25) is 19.3 Å². The second-order valence-corrected chi connectivity index (χ2v) is 6.34. The van der Waals surface area contributed by atoms with Gasteiger partial charge in [-0.05, 0) is 6.92 Å². The third kappa shape index (κ3) is 2.37. The van der Waals surface area contributed by atoms with E-state index in [9.17, 15) is 14.4 Å². The second-order valence-electron chi connectivity index (χ2n) is 6.34. The molecule has 2 fully saturated rings. The van der Waals surface area contributed by atoms with E-state index in [1.165, 1.54) is 6.92 Å². The van der Waals surface area contributed by atoms with Crippen molar-refractivity contribution in [3.63, 3.8) is 0 Å². The van der Waals surface area contributed by atoms with Gasteiger partial charge in [-0.25, -0.2) is 0 Å². The Morgan fingerprint density at radius 1 is 1.22 bits per heavy atom. The third-order valence-electron chi connectivity index (χ3n) is 4.74. The number of carbonyl (C=O) groups excluding carboxylic acids is 3. The lowest BCUT2D eigenvalue weighted by atomic mass is 9.85. The first-order valence-electron chi connectivity index (χ1n) is 7.51. The summed E-state index contributed by atoms with van der Waals surface area (Å²) in [6.45, 7) is 0.0468. The molecule has 3 aliphatic rings. The van der Waals surface area contributed by atoms with Crippen LogP contribution in [0.5, 0.6) is 0 Å². The molecule has 0 spiro atoms. The Morgan fingerprint density at radius 2 is 1.74 bits per heavy atom. The minimum Gasteiger partial charge on any atom is -0.463 e. The van der Waals surface area contributed by atoms with Gasteiger partial charge in [-0.15, -0.1) is 0 Å². The Labute approximate surface area is 132 Å². The summed E-state index contributed by atoms with van der Waals surface area (Å²) >= 11 is 0. The number of hydrogen-bond donors (Lipinski definition) is 2. The lowest BCUT2D eigenvalue weighted by Gasteiger charge is -2.23. The van der Waals surface area contributed by atoms with Crippen molar-refractivity contribution in [2.75, 3.05) is 26.4 Å². The maximum Gasteiger partial charge on any atom is 0.316 e. The fraction of sp³-hybridized carbons (Fsp3) is 0.667.